The molecule has 0 fully saturated rings. The van der Waals surface area contributed by atoms with Crippen molar-refractivity contribution in [1.82, 2.24) is 4.98 Å². The van der Waals surface area contributed by atoms with Gasteiger partial charge in [0.2, 0.25) is 0 Å². The predicted octanol–water partition coefficient (Wildman–Crippen LogP) is 2.84. The van der Waals surface area contributed by atoms with Crippen molar-refractivity contribution >= 4 is 11.5 Å². The Morgan fingerprint density at radius 3 is 2.44 bits per heavy atom. The summed E-state index contributed by atoms with van der Waals surface area (Å²) in [7, 11) is 0. The van der Waals surface area contributed by atoms with Crippen LogP contribution in [0.4, 0.5) is 11.5 Å². The average molecular weight is 213 g/mol. The van der Waals surface area contributed by atoms with Gasteiger partial charge in [0.25, 0.3) is 0 Å². The standard InChI is InChI=1S/C13H15N3/c1-10(14)11-7-8-13(15-9-11)16-12-5-3-2-4-6-12/h2-10H,14H2,1H3,(H,15,16)/t10-/m0/s1. The lowest BCUT2D eigenvalue weighted by atomic mass is 10.1. The summed E-state index contributed by atoms with van der Waals surface area (Å²) in [4.78, 5) is 4.30. The van der Waals surface area contributed by atoms with E-state index in [0.29, 0.717) is 0 Å². The summed E-state index contributed by atoms with van der Waals surface area (Å²) in [5.41, 5.74) is 7.83. The number of aromatic nitrogens is 1. The maximum atomic E-state index is 5.76. The number of benzene rings is 1. The summed E-state index contributed by atoms with van der Waals surface area (Å²) < 4.78 is 0. The Morgan fingerprint density at radius 1 is 1.12 bits per heavy atom. The number of para-hydroxylation sites is 1. The molecule has 3 heteroatoms. The van der Waals surface area contributed by atoms with Crippen LogP contribution < -0.4 is 11.1 Å². The molecule has 0 amide bonds. The summed E-state index contributed by atoms with van der Waals surface area (Å²) in [6.07, 6.45) is 1.80. The van der Waals surface area contributed by atoms with Gasteiger partial charge in [-0.1, -0.05) is 24.3 Å². The topological polar surface area (TPSA) is 50.9 Å². The summed E-state index contributed by atoms with van der Waals surface area (Å²) in [5.74, 6) is 0.829. The number of pyridine rings is 1. The zero-order valence-corrected chi connectivity index (χ0v) is 9.22. The molecule has 0 saturated carbocycles. The number of hydrogen-bond acceptors (Lipinski definition) is 3. The number of anilines is 2. The first-order valence-electron chi connectivity index (χ1n) is 5.29. The maximum absolute atomic E-state index is 5.76. The molecule has 0 aliphatic rings. The predicted molar refractivity (Wildman–Crippen MR) is 66.6 cm³/mol. The maximum Gasteiger partial charge on any atom is 0.130 e. The highest BCUT2D eigenvalue weighted by Crippen LogP contribution is 2.15. The molecule has 0 aliphatic heterocycles. The summed E-state index contributed by atoms with van der Waals surface area (Å²) in [6.45, 7) is 1.95. The van der Waals surface area contributed by atoms with Crippen LogP contribution in [0.1, 0.15) is 18.5 Å². The molecule has 0 saturated heterocycles. The van der Waals surface area contributed by atoms with Crippen molar-refractivity contribution in [2.24, 2.45) is 5.73 Å². The molecule has 0 spiro atoms. The fraction of sp³-hybridized carbons (Fsp3) is 0.154. The largest absolute Gasteiger partial charge is 0.340 e. The molecule has 16 heavy (non-hydrogen) atoms. The van der Waals surface area contributed by atoms with Crippen molar-refractivity contribution in [3.63, 3.8) is 0 Å². The number of nitrogens with one attached hydrogen (secondary N) is 1. The average Bonchev–Trinajstić information content (AvgIpc) is 2.31. The van der Waals surface area contributed by atoms with E-state index >= 15 is 0 Å². The molecule has 0 radical (unpaired) electrons. The van der Waals surface area contributed by atoms with Crippen LogP contribution in [0.2, 0.25) is 0 Å². The van der Waals surface area contributed by atoms with E-state index in [4.69, 9.17) is 5.73 Å². The molecular weight excluding hydrogens is 198 g/mol. The third-order valence-corrected chi connectivity index (χ3v) is 2.36. The molecule has 3 N–H and O–H groups in total. The van der Waals surface area contributed by atoms with E-state index in [1.807, 2.05) is 49.4 Å². The monoisotopic (exact) mass is 213 g/mol. The van der Waals surface area contributed by atoms with Gasteiger partial charge in [-0.2, -0.15) is 0 Å². The van der Waals surface area contributed by atoms with Crippen molar-refractivity contribution < 1.29 is 0 Å². The molecule has 3 nitrogen and oxygen atoms in total. The Morgan fingerprint density at radius 2 is 1.88 bits per heavy atom. The molecule has 0 unspecified atom stereocenters. The minimum absolute atomic E-state index is 0.0262. The Bertz CT molecular complexity index is 434. The lowest BCUT2D eigenvalue weighted by Gasteiger charge is -2.08. The van der Waals surface area contributed by atoms with Crippen molar-refractivity contribution in [2.75, 3.05) is 5.32 Å². The second-order valence-corrected chi connectivity index (χ2v) is 3.76. The van der Waals surface area contributed by atoms with Crippen molar-refractivity contribution in [2.45, 2.75) is 13.0 Å². The first-order valence-corrected chi connectivity index (χ1v) is 5.29. The zero-order valence-electron chi connectivity index (χ0n) is 9.22. The molecule has 1 aromatic heterocycles. The van der Waals surface area contributed by atoms with Gasteiger partial charge in [0.05, 0.1) is 0 Å². The Kier molecular flexibility index (Phi) is 3.17. The normalized spacial score (nSPS) is 12.1. The molecular formula is C13H15N3. The van der Waals surface area contributed by atoms with Crippen molar-refractivity contribution in [3.8, 4) is 0 Å². The molecule has 2 rings (SSSR count). The minimum atomic E-state index is 0.0262. The van der Waals surface area contributed by atoms with Gasteiger partial charge in [-0.3, -0.25) is 0 Å². The van der Waals surface area contributed by atoms with Gasteiger partial charge >= 0.3 is 0 Å². The SMILES string of the molecule is C[C@H](N)c1ccc(Nc2ccccc2)nc1. The number of rotatable bonds is 3. The van der Waals surface area contributed by atoms with E-state index in [1.54, 1.807) is 6.20 Å². The number of nitrogens with zero attached hydrogens (tertiary/aromatic N) is 1. The third kappa shape index (κ3) is 2.58. The van der Waals surface area contributed by atoms with Crippen LogP contribution in [-0.2, 0) is 0 Å². The van der Waals surface area contributed by atoms with Crippen LogP contribution in [0.5, 0.6) is 0 Å². The van der Waals surface area contributed by atoms with Gasteiger partial charge in [-0.05, 0) is 30.7 Å². The summed E-state index contributed by atoms with van der Waals surface area (Å²) in [5, 5.41) is 3.22. The van der Waals surface area contributed by atoms with Crippen LogP contribution in [0, 0.1) is 0 Å². The van der Waals surface area contributed by atoms with E-state index in [-0.39, 0.29) is 6.04 Å². The first-order chi connectivity index (χ1) is 7.75. The van der Waals surface area contributed by atoms with Crippen molar-refractivity contribution in [1.29, 1.82) is 0 Å². The fourth-order valence-corrected chi connectivity index (χ4v) is 1.42. The molecule has 0 aliphatic carbocycles. The van der Waals surface area contributed by atoms with E-state index in [1.165, 1.54) is 0 Å². The van der Waals surface area contributed by atoms with Gasteiger partial charge in [0, 0.05) is 17.9 Å². The molecule has 1 atom stereocenters. The Hall–Kier alpha value is -1.87. The highest BCUT2D eigenvalue weighted by molar-refractivity contribution is 5.55. The quantitative estimate of drug-likeness (QED) is 0.824. The summed E-state index contributed by atoms with van der Waals surface area (Å²) in [6, 6.07) is 13.9. The summed E-state index contributed by atoms with van der Waals surface area (Å²) >= 11 is 0. The Labute approximate surface area is 95.3 Å². The van der Waals surface area contributed by atoms with Crippen LogP contribution in [0.15, 0.2) is 48.7 Å². The minimum Gasteiger partial charge on any atom is -0.340 e. The second kappa shape index (κ2) is 4.77. The van der Waals surface area contributed by atoms with Gasteiger partial charge in [0.15, 0.2) is 0 Å². The lowest BCUT2D eigenvalue weighted by molar-refractivity contribution is 0.812. The van der Waals surface area contributed by atoms with Gasteiger partial charge in [-0.25, -0.2) is 4.98 Å². The molecule has 0 bridgehead atoms. The number of hydrogen-bond donors (Lipinski definition) is 2. The molecule has 82 valence electrons. The van der Waals surface area contributed by atoms with Gasteiger partial charge in [0.1, 0.15) is 5.82 Å². The smallest absolute Gasteiger partial charge is 0.130 e. The van der Waals surface area contributed by atoms with E-state index in [2.05, 4.69) is 10.3 Å². The van der Waals surface area contributed by atoms with Gasteiger partial charge in [-0.15, -0.1) is 0 Å². The molecule has 1 heterocycles. The fourth-order valence-electron chi connectivity index (χ4n) is 1.42. The van der Waals surface area contributed by atoms with Crippen LogP contribution in [0.25, 0.3) is 0 Å². The zero-order chi connectivity index (χ0) is 11.4. The van der Waals surface area contributed by atoms with E-state index < -0.39 is 0 Å². The highest BCUT2D eigenvalue weighted by atomic mass is 15.0. The third-order valence-electron chi connectivity index (χ3n) is 2.36. The van der Waals surface area contributed by atoms with E-state index in [9.17, 15) is 0 Å². The van der Waals surface area contributed by atoms with Crippen LogP contribution in [-0.4, -0.2) is 4.98 Å². The Balaban J connectivity index is 2.11. The van der Waals surface area contributed by atoms with E-state index in [0.717, 1.165) is 17.1 Å². The number of nitrogens with two attached hydrogens (primary N) is 1. The first kappa shape index (κ1) is 10.6. The van der Waals surface area contributed by atoms with Crippen LogP contribution in [0.3, 0.4) is 0 Å². The molecule has 1 aromatic carbocycles. The second-order valence-electron chi connectivity index (χ2n) is 3.76. The highest BCUT2D eigenvalue weighted by Gasteiger charge is 2.00. The van der Waals surface area contributed by atoms with Crippen molar-refractivity contribution in [3.05, 3.63) is 54.2 Å². The van der Waals surface area contributed by atoms with Crippen LogP contribution >= 0.6 is 0 Å². The molecule has 2 aromatic rings. The lowest BCUT2D eigenvalue weighted by Crippen LogP contribution is -2.05. The van der Waals surface area contributed by atoms with Gasteiger partial charge < -0.3 is 11.1 Å².